The summed E-state index contributed by atoms with van der Waals surface area (Å²) in [4.78, 5) is 4.79. The molecule has 1 heterocycles. The molecule has 0 saturated heterocycles. The van der Waals surface area contributed by atoms with Crippen molar-refractivity contribution in [2.45, 2.75) is 50.5 Å². The summed E-state index contributed by atoms with van der Waals surface area (Å²) in [5.74, 6) is -0.207. The molecule has 1 aliphatic carbocycles. The van der Waals surface area contributed by atoms with E-state index >= 15 is 0 Å². The number of aromatic nitrogens is 2. The highest BCUT2D eigenvalue weighted by atomic mass is 19.1. The van der Waals surface area contributed by atoms with Crippen molar-refractivity contribution in [3.05, 3.63) is 89.8 Å². The third kappa shape index (κ3) is 3.31. The van der Waals surface area contributed by atoms with Crippen molar-refractivity contribution < 1.29 is 4.39 Å². The molecule has 0 amide bonds. The molecule has 134 valence electrons. The molecule has 1 unspecified atom stereocenters. The average molecular weight is 348 g/mol. The molecular weight excluding hydrogens is 323 g/mol. The van der Waals surface area contributed by atoms with E-state index in [1.54, 1.807) is 0 Å². The van der Waals surface area contributed by atoms with E-state index < -0.39 is 0 Å². The first-order valence-electron chi connectivity index (χ1n) is 9.50. The molecule has 3 heteroatoms. The van der Waals surface area contributed by atoms with Crippen LogP contribution in [0.4, 0.5) is 4.39 Å². The van der Waals surface area contributed by atoms with Crippen LogP contribution >= 0.6 is 0 Å². The molecule has 4 rings (SSSR count). The molecule has 0 spiro atoms. The SMILES string of the molecule is CC1(c2cn(C(c3ccccc3)c3ccc(F)cc3)cn2)CCCCC1. The number of benzene rings is 2. The standard InChI is InChI=1S/C23H25FN2/c1-23(14-6-3-7-15-23)21-16-26(17-25-21)22(18-8-4-2-5-9-18)19-10-12-20(24)13-11-19/h2,4-5,8-13,16-17,22H,3,6-7,14-15H2,1H3. The lowest BCUT2D eigenvalue weighted by Crippen LogP contribution is -2.25. The Balaban J connectivity index is 1.74. The van der Waals surface area contributed by atoms with Gasteiger partial charge in [-0.05, 0) is 36.1 Å². The molecule has 1 saturated carbocycles. The fourth-order valence-electron chi connectivity index (χ4n) is 4.19. The van der Waals surface area contributed by atoms with E-state index in [0.29, 0.717) is 0 Å². The van der Waals surface area contributed by atoms with Crippen molar-refractivity contribution in [2.75, 3.05) is 0 Å². The fraction of sp³-hybridized carbons (Fsp3) is 0.348. The Hall–Kier alpha value is -2.42. The molecule has 0 aliphatic heterocycles. The highest BCUT2D eigenvalue weighted by Crippen LogP contribution is 2.39. The summed E-state index contributed by atoms with van der Waals surface area (Å²) < 4.78 is 15.6. The van der Waals surface area contributed by atoms with Gasteiger partial charge in [-0.15, -0.1) is 0 Å². The van der Waals surface area contributed by atoms with Crippen molar-refractivity contribution in [1.82, 2.24) is 9.55 Å². The normalized spacial score (nSPS) is 17.8. The van der Waals surface area contributed by atoms with Gasteiger partial charge in [0.15, 0.2) is 0 Å². The van der Waals surface area contributed by atoms with Crippen LogP contribution in [0.25, 0.3) is 0 Å². The average Bonchev–Trinajstić information content (AvgIpc) is 3.16. The smallest absolute Gasteiger partial charge is 0.123 e. The second-order valence-electron chi connectivity index (χ2n) is 7.69. The molecule has 2 aromatic carbocycles. The highest BCUT2D eigenvalue weighted by molar-refractivity contribution is 5.33. The van der Waals surface area contributed by atoms with Crippen LogP contribution in [0.3, 0.4) is 0 Å². The van der Waals surface area contributed by atoms with Crippen molar-refractivity contribution in [3.8, 4) is 0 Å². The maximum atomic E-state index is 13.4. The Kier molecular flexibility index (Phi) is 4.62. The molecule has 0 bridgehead atoms. The van der Waals surface area contributed by atoms with Crippen molar-refractivity contribution >= 4 is 0 Å². The molecule has 1 aliphatic rings. The lowest BCUT2D eigenvalue weighted by molar-refractivity contribution is 0.313. The Morgan fingerprint density at radius 2 is 1.58 bits per heavy atom. The Bertz CT molecular complexity index is 845. The predicted octanol–water partition coefficient (Wildman–Crippen LogP) is 5.88. The van der Waals surface area contributed by atoms with E-state index in [0.717, 1.165) is 5.56 Å². The van der Waals surface area contributed by atoms with Crippen LogP contribution in [-0.2, 0) is 5.41 Å². The second-order valence-corrected chi connectivity index (χ2v) is 7.69. The minimum atomic E-state index is -0.207. The summed E-state index contributed by atoms with van der Waals surface area (Å²) in [6.07, 6.45) is 10.4. The first-order valence-corrected chi connectivity index (χ1v) is 9.50. The van der Waals surface area contributed by atoms with Gasteiger partial charge in [-0.3, -0.25) is 0 Å². The zero-order valence-electron chi connectivity index (χ0n) is 15.2. The van der Waals surface area contributed by atoms with Gasteiger partial charge in [-0.2, -0.15) is 0 Å². The monoisotopic (exact) mass is 348 g/mol. The molecule has 1 atom stereocenters. The molecule has 0 N–H and O–H groups in total. The number of hydrogen-bond donors (Lipinski definition) is 0. The Morgan fingerprint density at radius 3 is 2.27 bits per heavy atom. The zero-order valence-corrected chi connectivity index (χ0v) is 15.2. The van der Waals surface area contributed by atoms with E-state index in [9.17, 15) is 4.39 Å². The minimum absolute atomic E-state index is 0.00485. The molecule has 26 heavy (non-hydrogen) atoms. The van der Waals surface area contributed by atoms with Crippen LogP contribution < -0.4 is 0 Å². The van der Waals surface area contributed by atoms with Gasteiger partial charge in [0.2, 0.25) is 0 Å². The molecule has 2 nitrogen and oxygen atoms in total. The molecule has 0 radical (unpaired) electrons. The summed E-state index contributed by atoms with van der Waals surface area (Å²) in [5.41, 5.74) is 3.60. The maximum Gasteiger partial charge on any atom is 0.123 e. The molecule has 1 aromatic heterocycles. The van der Waals surface area contributed by atoms with Crippen LogP contribution in [0.15, 0.2) is 67.1 Å². The highest BCUT2D eigenvalue weighted by Gasteiger charge is 2.31. The molecule has 3 aromatic rings. The summed E-state index contributed by atoms with van der Waals surface area (Å²) >= 11 is 0. The largest absolute Gasteiger partial charge is 0.326 e. The third-order valence-corrected chi connectivity index (χ3v) is 5.78. The summed E-state index contributed by atoms with van der Waals surface area (Å²) in [6, 6.07) is 17.2. The number of nitrogens with zero attached hydrogens (tertiary/aromatic N) is 2. The molecular formula is C23H25FN2. The zero-order chi connectivity index (χ0) is 18.0. The number of imidazole rings is 1. The quantitative estimate of drug-likeness (QED) is 0.575. The van der Waals surface area contributed by atoms with E-state index in [1.807, 2.05) is 36.7 Å². The van der Waals surface area contributed by atoms with Crippen LogP contribution in [-0.4, -0.2) is 9.55 Å². The van der Waals surface area contributed by atoms with Gasteiger partial charge in [0.05, 0.1) is 18.1 Å². The molecule has 1 fully saturated rings. The van der Waals surface area contributed by atoms with Crippen LogP contribution in [0.5, 0.6) is 0 Å². The van der Waals surface area contributed by atoms with E-state index in [-0.39, 0.29) is 17.3 Å². The van der Waals surface area contributed by atoms with Gasteiger partial charge in [0, 0.05) is 11.6 Å². The lowest BCUT2D eigenvalue weighted by atomic mass is 9.74. The van der Waals surface area contributed by atoms with E-state index in [1.165, 1.54) is 55.5 Å². The van der Waals surface area contributed by atoms with Crippen molar-refractivity contribution in [3.63, 3.8) is 0 Å². The van der Waals surface area contributed by atoms with Gasteiger partial charge in [0.1, 0.15) is 5.82 Å². The van der Waals surface area contributed by atoms with E-state index in [4.69, 9.17) is 4.98 Å². The van der Waals surface area contributed by atoms with Crippen molar-refractivity contribution in [1.29, 1.82) is 0 Å². The van der Waals surface area contributed by atoms with E-state index in [2.05, 4.69) is 29.8 Å². The van der Waals surface area contributed by atoms with Crippen molar-refractivity contribution in [2.24, 2.45) is 0 Å². The van der Waals surface area contributed by atoms with Gasteiger partial charge in [-0.1, -0.05) is 68.7 Å². The Morgan fingerprint density at radius 1 is 0.923 bits per heavy atom. The predicted molar refractivity (Wildman–Crippen MR) is 103 cm³/mol. The number of rotatable bonds is 4. The Labute approximate surface area is 154 Å². The summed E-state index contributed by atoms with van der Waals surface area (Å²) in [6.45, 7) is 2.34. The van der Waals surface area contributed by atoms with Gasteiger partial charge in [-0.25, -0.2) is 9.37 Å². The van der Waals surface area contributed by atoms with Crippen LogP contribution in [0.2, 0.25) is 0 Å². The van der Waals surface area contributed by atoms with Gasteiger partial charge >= 0.3 is 0 Å². The van der Waals surface area contributed by atoms with Crippen LogP contribution in [0.1, 0.15) is 61.9 Å². The lowest BCUT2D eigenvalue weighted by Gasteiger charge is -2.32. The first-order chi connectivity index (χ1) is 12.7. The maximum absolute atomic E-state index is 13.4. The number of hydrogen-bond acceptors (Lipinski definition) is 1. The first kappa shape index (κ1) is 17.0. The second kappa shape index (κ2) is 7.06. The summed E-state index contributed by atoms with van der Waals surface area (Å²) in [5, 5.41) is 0. The minimum Gasteiger partial charge on any atom is -0.326 e. The number of halogens is 1. The fourth-order valence-corrected chi connectivity index (χ4v) is 4.19. The van der Waals surface area contributed by atoms with Gasteiger partial charge < -0.3 is 4.57 Å². The third-order valence-electron chi connectivity index (χ3n) is 5.78. The van der Waals surface area contributed by atoms with Gasteiger partial charge in [0.25, 0.3) is 0 Å². The summed E-state index contributed by atoms with van der Waals surface area (Å²) in [7, 11) is 0. The van der Waals surface area contributed by atoms with Crippen LogP contribution in [0, 0.1) is 5.82 Å². The topological polar surface area (TPSA) is 17.8 Å².